The van der Waals surface area contributed by atoms with Crippen molar-refractivity contribution in [2.45, 2.75) is 50.0 Å². The molecule has 4 nitrogen and oxygen atoms in total. The van der Waals surface area contributed by atoms with Crippen LogP contribution in [0.25, 0.3) is 0 Å². The minimum Gasteiger partial charge on any atom is -0.493 e. The number of nitrogens with one attached hydrogen (secondary N) is 1. The molecule has 1 atom stereocenters. The Morgan fingerprint density at radius 1 is 1.13 bits per heavy atom. The molecule has 0 saturated carbocycles. The van der Waals surface area contributed by atoms with Crippen molar-refractivity contribution in [2.75, 3.05) is 32.0 Å². The van der Waals surface area contributed by atoms with Crippen molar-refractivity contribution in [3.8, 4) is 5.75 Å². The zero-order chi connectivity index (χ0) is 21.0. The van der Waals surface area contributed by atoms with Crippen LogP contribution in [0.4, 0.5) is 0 Å². The van der Waals surface area contributed by atoms with E-state index in [-0.39, 0.29) is 5.91 Å². The van der Waals surface area contributed by atoms with Crippen molar-refractivity contribution in [2.24, 2.45) is 0 Å². The minimum atomic E-state index is -0.00753. The van der Waals surface area contributed by atoms with Crippen LogP contribution < -0.4 is 10.1 Å². The molecule has 0 radical (unpaired) electrons. The topological polar surface area (TPSA) is 41.6 Å². The molecule has 2 aromatic rings. The van der Waals surface area contributed by atoms with E-state index in [9.17, 15) is 4.79 Å². The summed E-state index contributed by atoms with van der Waals surface area (Å²) >= 11 is 1.78. The van der Waals surface area contributed by atoms with E-state index in [0.29, 0.717) is 12.2 Å². The van der Waals surface area contributed by atoms with Gasteiger partial charge in [-0.3, -0.25) is 4.79 Å². The van der Waals surface area contributed by atoms with Crippen molar-refractivity contribution in [3.63, 3.8) is 0 Å². The first kappa shape index (κ1) is 22.7. The number of thioether (sulfide) groups is 1. The predicted octanol–water partition coefficient (Wildman–Crippen LogP) is 5.24. The molecular weight excluding hydrogens is 392 g/mol. The van der Waals surface area contributed by atoms with Crippen LogP contribution in [-0.2, 0) is 0 Å². The van der Waals surface area contributed by atoms with Crippen molar-refractivity contribution >= 4 is 17.7 Å². The maximum atomic E-state index is 12.4. The van der Waals surface area contributed by atoms with Gasteiger partial charge in [-0.1, -0.05) is 31.5 Å². The molecule has 1 aliphatic rings. The summed E-state index contributed by atoms with van der Waals surface area (Å²) in [6.07, 6.45) is 6.22. The Morgan fingerprint density at radius 3 is 2.70 bits per heavy atom. The quantitative estimate of drug-likeness (QED) is 0.394. The Bertz CT molecular complexity index is 752. The van der Waals surface area contributed by atoms with Crippen molar-refractivity contribution in [1.29, 1.82) is 0 Å². The number of carbonyl (C=O) groups excluding carboxylic acids is 1. The number of hydrogen-bond acceptors (Lipinski definition) is 4. The molecule has 0 spiro atoms. The highest BCUT2D eigenvalue weighted by Crippen LogP contribution is 2.20. The lowest BCUT2D eigenvalue weighted by Crippen LogP contribution is -2.40. The highest BCUT2D eigenvalue weighted by Gasteiger charge is 2.19. The summed E-state index contributed by atoms with van der Waals surface area (Å²) in [4.78, 5) is 16.2. The van der Waals surface area contributed by atoms with Crippen molar-refractivity contribution < 1.29 is 9.53 Å². The molecule has 0 bridgehead atoms. The molecule has 1 saturated heterocycles. The standard InChI is InChI=1S/C25H34N2O2S/c1-2-22-9-6-7-17-27(22)18-8-16-26-25(28)21-12-14-23(15-13-21)29-19-20-30-24-10-4-3-5-11-24/h3-5,10-15,22H,2,6-9,16-20H2,1H3,(H,26,28)/t22-/m1/s1. The zero-order valence-corrected chi connectivity index (χ0v) is 18.8. The van der Waals surface area contributed by atoms with E-state index >= 15 is 0 Å². The van der Waals surface area contributed by atoms with Gasteiger partial charge in [0.15, 0.2) is 0 Å². The van der Waals surface area contributed by atoms with Gasteiger partial charge in [0.2, 0.25) is 0 Å². The summed E-state index contributed by atoms with van der Waals surface area (Å²) in [6.45, 7) is 5.92. The molecular formula is C25H34N2O2S. The van der Waals surface area contributed by atoms with Crippen molar-refractivity contribution in [1.82, 2.24) is 10.2 Å². The number of carbonyl (C=O) groups is 1. The van der Waals surface area contributed by atoms with E-state index in [1.54, 1.807) is 11.8 Å². The largest absolute Gasteiger partial charge is 0.493 e. The third-order valence-electron chi connectivity index (χ3n) is 5.61. The van der Waals surface area contributed by atoms with Crippen LogP contribution in [0, 0.1) is 0 Å². The maximum absolute atomic E-state index is 12.4. The molecule has 1 heterocycles. The highest BCUT2D eigenvalue weighted by molar-refractivity contribution is 7.99. The Hall–Kier alpha value is -1.98. The third-order valence-corrected chi connectivity index (χ3v) is 6.58. The summed E-state index contributed by atoms with van der Waals surface area (Å²) < 4.78 is 5.79. The lowest BCUT2D eigenvalue weighted by Gasteiger charge is -2.35. The molecule has 3 rings (SSSR count). The number of rotatable bonds is 11. The molecule has 5 heteroatoms. The Kier molecular flexibility index (Phi) is 9.58. The van der Waals surface area contributed by atoms with Gasteiger partial charge < -0.3 is 15.0 Å². The maximum Gasteiger partial charge on any atom is 0.251 e. The van der Waals surface area contributed by atoms with Gasteiger partial charge in [0.05, 0.1) is 6.61 Å². The van der Waals surface area contributed by atoms with Crippen molar-refractivity contribution in [3.05, 3.63) is 60.2 Å². The second kappa shape index (κ2) is 12.7. The van der Waals surface area contributed by atoms with Gasteiger partial charge in [-0.25, -0.2) is 0 Å². The molecule has 0 unspecified atom stereocenters. The molecule has 1 fully saturated rings. The number of hydrogen-bond donors (Lipinski definition) is 1. The van der Waals surface area contributed by atoms with Gasteiger partial charge in [0.1, 0.15) is 5.75 Å². The molecule has 30 heavy (non-hydrogen) atoms. The lowest BCUT2D eigenvalue weighted by atomic mass is 10.00. The smallest absolute Gasteiger partial charge is 0.251 e. The van der Waals surface area contributed by atoms with E-state index in [4.69, 9.17) is 4.74 Å². The second-order valence-electron chi connectivity index (χ2n) is 7.74. The summed E-state index contributed by atoms with van der Waals surface area (Å²) in [7, 11) is 0. The SMILES string of the molecule is CC[C@@H]1CCCCN1CCCNC(=O)c1ccc(OCCSc2ccccc2)cc1. The van der Waals surface area contributed by atoms with Crippen LogP contribution >= 0.6 is 11.8 Å². The van der Waals surface area contributed by atoms with E-state index in [1.165, 1.54) is 37.1 Å². The van der Waals surface area contributed by atoms with Gasteiger partial charge in [-0.15, -0.1) is 11.8 Å². The molecule has 0 aromatic heterocycles. The first-order valence-corrected chi connectivity index (χ1v) is 12.2. The second-order valence-corrected chi connectivity index (χ2v) is 8.91. The zero-order valence-electron chi connectivity index (χ0n) is 18.0. The first-order chi connectivity index (χ1) is 14.8. The van der Waals surface area contributed by atoms with E-state index in [0.717, 1.165) is 37.1 Å². The lowest BCUT2D eigenvalue weighted by molar-refractivity contribution is 0.0947. The fourth-order valence-corrected chi connectivity index (χ4v) is 4.69. The number of piperidine rings is 1. The van der Waals surface area contributed by atoms with Gasteiger partial charge in [0.25, 0.3) is 5.91 Å². The number of likely N-dealkylation sites (tertiary alicyclic amines) is 1. The fourth-order valence-electron chi connectivity index (χ4n) is 3.94. The van der Waals surface area contributed by atoms with E-state index < -0.39 is 0 Å². The average molecular weight is 427 g/mol. The number of nitrogens with zero attached hydrogens (tertiary/aromatic N) is 1. The molecule has 1 N–H and O–H groups in total. The van der Waals surface area contributed by atoms with Gasteiger partial charge in [0, 0.05) is 35.3 Å². The van der Waals surface area contributed by atoms with Crippen LogP contribution in [0.15, 0.2) is 59.5 Å². The molecule has 1 amide bonds. The summed E-state index contributed by atoms with van der Waals surface area (Å²) in [5, 5.41) is 3.05. The normalized spacial score (nSPS) is 16.9. The summed E-state index contributed by atoms with van der Waals surface area (Å²) in [5.74, 6) is 1.69. The van der Waals surface area contributed by atoms with E-state index in [2.05, 4.69) is 29.3 Å². The van der Waals surface area contributed by atoms with Crippen LogP contribution in [0.3, 0.4) is 0 Å². The molecule has 0 aliphatic carbocycles. The Morgan fingerprint density at radius 2 is 1.93 bits per heavy atom. The Labute approximate surface area is 185 Å². The average Bonchev–Trinajstić information content (AvgIpc) is 2.81. The molecule has 2 aromatic carbocycles. The van der Waals surface area contributed by atoms with Gasteiger partial charge in [-0.2, -0.15) is 0 Å². The van der Waals surface area contributed by atoms with Crippen LogP contribution in [0.2, 0.25) is 0 Å². The van der Waals surface area contributed by atoms with Crippen LogP contribution in [0.5, 0.6) is 5.75 Å². The van der Waals surface area contributed by atoms with Crippen LogP contribution in [-0.4, -0.2) is 48.8 Å². The molecule has 162 valence electrons. The monoisotopic (exact) mass is 426 g/mol. The van der Waals surface area contributed by atoms with E-state index in [1.807, 2.05) is 42.5 Å². The first-order valence-electron chi connectivity index (χ1n) is 11.2. The molecule has 1 aliphatic heterocycles. The third kappa shape index (κ3) is 7.37. The van der Waals surface area contributed by atoms with Gasteiger partial charge in [-0.05, 0) is 68.6 Å². The number of benzene rings is 2. The Balaban J connectivity index is 1.32. The number of ether oxygens (including phenoxy) is 1. The van der Waals surface area contributed by atoms with Crippen LogP contribution in [0.1, 0.15) is 49.4 Å². The minimum absolute atomic E-state index is 0.00753. The van der Waals surface area contributed by atoms with Gasteiger partial charge >= 0.3 is 0 Å². The number of amides is 1. The summed E-state index contributed by atoms with van der Waals surface area (Å²) in [5.41, 5.74) is 0.686. The predicted molar refractivity (Wildman–Crippen MR) is 126 cm³/mol. The highest BCUT2D eigenvalue weighted by atomic mass is 32.2. The summed E-state index contributed by atoms with van der Waals surface area (Å²) in [6, 6.07) is 18.5. The fraction of sp³-hybridized carbons (Fsp3) is 0.480.